The van der Waals surface area contributed by atoms with Crippen LogP contribution in [0.15, 0.2) is 34.9 Å². The number of carbonyl (C=O) groups is 1. The highest BCUT2D eigenvalue weighted by atomic mass is 35.5. The standard InChI is InChI=1S/C19H16Cl2N6O2/c1-10-16(26-7-5-15(24-26)25-8-6-22-19(25)28)18-27(23-10)17(11(2)29-18)13-4-3-12(20)9-14(13)21/h3-5,7,9H,6,8H2,1-2H3,(H,22,28). The van der Waals surface area contributed by atoms with E-state index in [-0.39, 0.29) is 6.03 Å². The maximum absolute atomic E-state index is 11.9. The van der Waals surface area contributed by atoms with Gasteiger partial charge in [0.25, 0.3) is 0 Å². The highest BCUT2D eigenvalue weighted by molar-refractivity contribution is 6.36. The number of anilines is 1. The average Bonchev–Trinajstić information content (AvgIpc) is 3.41. The molecule has 148 valence electrons. The second kappa shape index (κ2) is 6.53. The summed E-state index contributed by atoms with van der Waals surface area (Å²) in [5.41, 5.74) is 3.51. The van der Waals surface area contributed by atoms with Crippen LogP contribution in [0.4, 0.5) is 10.6 Å². The fourth-order valence-corrected chi connectivity index (χ4v) is 4.10. The zero-order chi connectivity index (χ0) is 20.3. The van der Waals surface area contributed by atoms with Crippen LogP contribution in [-0.2, 0) is 0 Å². The van der Waals surface area contributed by atoms with E-state index in [0.717, 1.165) is 17.0 Å². The Morgan fingerprint density at radius 1 is 1.17 bits per heavy atom. The molecule has 0 saturated carbocycles. The van der Waals surface area contributed by atoms with Crippen molar-refractivity contribution in [2.75, 3.05) is 18.0 Å². The molecule has 8 nitrogen and oxygen atoms in total. The molecule has 0 radical (unpaired) electrons. The van der Waals surface area contributed by atoms with Crippen molar-refractivity contribution < 1.29 is 9.21 Å². The summed E-state index contributed by atoms with van der Waals surface area (Å²) in [7, 11) is 0. The molecule has 0 bridgehead atoms. The number of hydrogen-bond donors (Lipinski definition) is 1. The third kappa shape index (κ3) is 2.79. The van der Waals surface area contributed by atoms with Crippen LogP contribution in [0.2, 0.25) is 10.0 Å². The molecule has 0 unspecified atom stereocenters. The Bertz CT molecular complexity index is 1270. The quantitative estimate of drug-likeness (QED) is 0.527. The molecule has 3 aromatic heterocycles. The van der Waals surface area contributed by atoms with Crippen molar-refractivity contribution in [1.29, 1.82) is 0 Å². The van der Waals surface area contributed by atoms with Crippen LogP contribution in [0, 0.1) is 13.8 Å². The van der Waals surface area contributed by atoms with Crippen LogP contribution in [0.1, 0.15) is 11.5 Å². The number of halogens is 2. The number of oxazole rings is 1. The molecular formula is C19H16Cl2N6O2. The van der Waals surface area contributed by atoms with E-state index in [2.05, 4.69) is 15.5 Å². The Labute approximate surface area is 175 Å². The van der Waals surface area contributed by atoms with E-state index in [4.69, 9.17) is 27.6 Å². The number of urea groups is 1. The molecule has 1 aliphatic heterocycles. The van der Waals surface area contributed by atoms with Gasteiger partial charge in [0, 0.05) is 35.9 Å². The number of rotatable bonds is 3. The molecule has 0 aliphatic carbocycles. The smallest absolute Gasteiger partial charge is 0.323 e. The molecule has 4 aromatic rings. The number of aryl methyl sites for hydroxylation is 2. The summed E-state index contributed by atoms with van der Waals surface area (Å²) in [6.07, 6.45) is 1.79. The topological polar surface area (TPSA) is 80.6 Å². The number of aromatic nitrogens is 4. The maximum atomic E-state index is 11.9. The minimum atomic E-state index is -0.152. The summed E-state index contributed by atoms with van der Waals surface area (Å²) >= 11 is 12.5. The van der Waals surface area contributed by atoms with Crippen LogP contribution >= 0.6 is 23.2 Å². The Kier molecular flexibility index (Phi) is 4.07. The normalized spacial score (nSPS) is 14.2. The minimum Gasteiger partial charge on any atom is -0.439 e. The van der Waals surface area contributed by atoms with Crippen molar-refractivity contribution in [3.8, 4) is 16.9 Å². The van der Waals surface area contributed by atoms with Crippen molar-refractivity contribution >= 4 is 40.8 Å². The highest BCUT2D eigenvalue weighted by Gasteiger charge is 2.26. The number of benzene rings is 1. The summed E-state index contributed by atoms with van der Waals surface area (Å²) in [5, 5.41) is 13.1. The molecule has 1 fully saturated rings. The lowest BCUT2D eigenvalue weighted by Gasteiger charge is -2.09. The van der Waals surface area contributed by atoms with Crippen LogP contribution < -0.4 is 10.2 Å². The van der Waals surface area contributed by atoms with Gasteiger partial charge in [-0.25, -0.2) is 9.48 Å². The first-order valence-electron chi connectivity index (χ1n) is 8.99. The van der Waals surface area contributed by atoms with Gasteiger partial charge in [0.2, 0.25) is 5.71 Å². The highest BCUT2D eigenvalue weighted by Crippen LogP contribution is 2.36. The van der Waals surface area contributed by atoms with Gasteiger partial charge in [0.1, 0.15) is 11.5 Å². The molecule has 1 aromatic carbocycles. The molecule has 2 amide bonds. The van der Waals surface area contributed by atoms with Crippen LogP contribution in [0.5, 0.6) is 0 Å². The van der Waals surface area contributed by atoms with Gasteiger partial charge >= 0.3 is 6.03 Å². The van der Waals surface area contributed by atoms with Gasteiger partial charge in [-0.1, -0.05) is 23.2 Å². The molecule has 29 heavy (non-hydrogen) atoms. The number of amides is 2. The Balaban J connectivity index is 1.64. The third-order valence-corrected chi connectivity index (χ3v) is 5.45. The van der Waals surface area contributed by atoms with Gasteiger partial charge in [0.15, 0.2) is 11.5 Å². The summed E-state index contributed by atoms with van der Waals surface area (Å²) in [6, 6.07) is 6.95. The summed E-state index contributed by atoms with van der Waals surface area (Å²) < 4.78 is 9.45. The second-order valence-corrected chi connectivity index (χ2v) is 7.63. The number of fused-ring (bicyclic) bond motifs is 1. The zero-order valence-corrected chi connectivity index (χ0v) is 17.1. The lowest BCUT2D eigenvalue weighted by Crippen LogP contribution is -2.28. The molecule has 1 N–H and O–H groups in total. The molecule has 0 atom stereocenters. The van der Waals surface area contributed by atoms with E-state index in [0.29, 0.717) is 46.1 Å². The van der Waals surface area contributed by atoms with E-state index in [1.54, 1.807) is 38.5 Å². The lowest BCUT2D eigenvalue weighted by molar-refractivity contribution is 0.252. The molecule has 1 aliphatic rings. The van der Waals surface area contributed by atoms with E-state index < -0.39 is 0 Å². The maximum Gasteiger partial charge on any atom is 0.323 e. The molecule has 5 rings (SSSR count). The molecule has 1 saturated heterocycles. The van der Waals surface area contributed by atoms with E-state index >= 15 is 0 Å². The van der Waals surface area contributed by atoms with E-state index in [1.807, 2.05) is 19.9 Å². The lowest BCUT2D eigenvalue weighted by atomic mass is 10.1. The summed E-state index contributed by atoms with van der Waals surface area (Å²) in [5.74, 6) is 1.24. The van der Waals surface area contributed by atoms with Gasteiger partial charge in [0.05, 0.1) is 10.7 Å². The van der Waals surface area contributed by atoms with Crippen molar-refractivity contribution in [2.24, 2.45) is 0 Å². The fourth-order valence-electron chi connectivity index (χ4n) is 3.61. The largest absolute Gasteiger partial charge is 0.439 e. The van der Waals surface area contributed by atoms with Gasteiger partial charge < -0.3 is 9.73 Å². The van der Waals surface area contributed by atoms with Crippen molar-refractivity contribution in [2.45, 2.75) is 13.8 Å². The van der Waals surface area contributed by atoms with Crippen LogP contribution in [-0.4, -0.2) is 38.5 Å². The zero-order valence-electron chi connectivity index (χ0n) is 15.6. The second-order valence-electron chi connectivity index (χ2n) is 6.78. The number of nitrogens with zero attached hydrogens (tertiary/aromatic N) is 5. The number of hydrogen-bond acceptors (Lipinski definition) is 4. The average molecular weight is 431 g/mol. The molecule has 4 heterocycles. The molecular weight excluding hydrogens is 415 g/mol. The molecule has 10 heteroatoms. The van der Waals surface area contributed by atoms with Gasteiger partial charge in [-0.3, -0.25) is 4.90 Å². The van der Waals surface area contributed by atoms with Crippen LogP contribution in [0.3, 0.4) is 0 Å². The Hall–Kier alpha value is -2.97. The van der Waals surface area contributed by atoms with Gasteiger partial charge in [-0.2, -0.15) is 9.61 Å². The fraction of sp³-hybridized carbons (Fsp3) is 0.211. The first kappa shape index (κ1) is 18.1. The molecule has 0 spiro atoms. The minimum absolute atomic E-state index is 0.152. The first-order chi connectivity index (χ1) is 13.9. The Morgan fingerprint density at radius 2 is 2.00 bits per heavy atom. The van der Waals surface area contributed by atoms with Crippen molar-refractivity contribution in [3.05, 3.63) is 52.0 Å². The van der Waals surface area contributed by atoms with E-state index in [9.17, 15) is 4.79 Å². The summed E-state index contributed by atoms with van der Waals surface area (Å²) in [6.45, 7) is 4.92. The Morgan fingerprint density at radius 3 is 2.72 bits per heavy atom. The summed E-state index contributed by atoms with van der Waals surface area (Å²) in [4.78, 5) is 13.5. The van der Waals surface area contributed by atoms with Crippen molar-refractivity contribution in [1.82, 2.24) is 24.7 Å². The number of nitrogens with one attached hydrogen (secondary N) is 1. The van der Waals surface area contributed by atoms with Gasteiger partial charge in [-0.15, -0.1) is 5.10 Å². The first-order valence-corrected chi connectivity index (χ1v) is 9.75. The monoisotopic (exact) mass is 430 g/mol. The predicted molar refractivity (Wildman–Crippen MR) is 110 cm³/mol. The van der Waals surface area contributed by atoms with E-state index in [1.165, 1.54) is 0 Å². The van der Waals surface area contributed by atoms with Gasteiger partial charge in [-0.05, 0) is 32.0 Å². The SMILES string of the molecule is Cc1nn2c(-c3ccc(Cl)cc3Cl)c(C)oc2c1-n1ccc(N2CCNC2=O)n1. The van der Waals surface area contributed by atoms with Crippen LogP contribution in [0.25, 0.3) is 22.7 Å². The van der Waals surface area contributed by atoms with Crippen molar-refractivity contribution in [3.63, 3.8) is 0 Å². The third-order valence-electron chi connectivity index (χ3n) is 4.91. The number of carbonyl (C=O) groups excluding carboxylic acids is 1. The predicted octanol–water partition coefficient (Wildman–Crippen LogP) is 4.23.